The average molecular weight is 504 g/mol. The first-order valence-electron chi connectivity index (χ1n) is 7.00. The molecule has 0 radical (unpaired) electrons. The van der Waals surface area contributed by atoms with Gasteiger partial charge in [-0.05, 0) is 70.6 Å². The Morgan fingerprint density at radius 3 is 2.64 bits per heavy atom. The number of halogens is 2. The van der Waals surface area contributed by atoms with E-state index in [2.05, 4.69) is 0 Å². The number of carbonyl (C=O) groups is 1. The van der Waals surface area contributed by atoms with Gasteiger partial charge in [-0.15, -0.1) is 0 Å². The van der Waals surface area contributed by atoms with Crippen molar-refractivity contribution in [3.8, 4) is 11.5 Å². The minimum Gasteiger partial charge on any atom is -0.504 e. The van der Waals surface area contributed by atoms with Crippen LogP contribution in [0, 0.1) is 3.57 Å². The molecular weight excluding hydrogens is 493 g/mol. The number of thioether (sulfide) groups is 1. The van der Waals surface area contributed by atoms with Gasteiger partial charge in [0, 0.05) is 5.02 Å². The average Bonchev–Trinajstić information content (AvgIpc) is 2.85. The zero-order chi connectivity index (χ0) is 18.1. The van der Waals surface area contributed by atoms with Gasteiger partial charge in [-0.2, -0.15) is 0 Å². The number of phenolic OH excluding ortho intramolecular Hbond substituents is 1. The molecule has 0 aliphatic carbocycles. The maximum absolute atomic E-state index is 12.7. The minimum absolute atomic E-state index is 0.0777. The van der Waals surface area contributed by atoms with Gasteiger partial charge in [-0.3, -0.25) is 9.69 Å². The predicted molar refractivity (Wildman–Crippen MR) is 114 cm³/mol. The number of ether oxygens (including phenoxy) is 1. The monoisotopic (exact) mass is 503 g/mol. The lowest BCUT2D eigenvalue weighted by Crippen LogP contribution is -2.27. The normalized spacial score (nSPS) is 16.0. The van der Waals surface area contributed by atoms with Crippen LogP contribution >= 0.6 is 58.2 Å². The number of nitrogens with zero attached hydrogens (tertiary/aromatic N) is 1. The van der Waals surface area contributed by atoms with Gasteiger partial charge >= 0.3 is 0 Å². The highest BCUT2D eigenvalue weighted by atomic mass is 127. The first-order chi connectivity index (χ1) is 11.9. The van der Waals surface area contributed by atoms with Crippen molar-refractivity contribution in [2.24, 2.45) is 0 Å². The number of benzene rings is 2. The Labute approximate surface area is 172 Å². The Kier molecular flexibility index (Phi) is 5.57. The summed E-state index contributed by atoms with van der Waals surface area (Å²) in [6.07, 6.45) is 1.74. The second-order valence-electron chi connectivity index (χ2n) is 5.05. The van der Waals surface area contributed by atoms with Crippen molar-refractivity contribution in [1.29, 1.82) is 0 Å². The van der Waals surface area contributed by atoms with Crippen LogP contribution in [-0.4, -0.2) is 22.4 Å². The fraction of sp³-hybridized carbons (Fsp3) is 0.0588. The Hall–Kier alpha value is -1.29. The van der Waals surface area contributed by atoms with Crippen molar-refractivity contribution in [1.82, 2.24) is 0 Å². The van der Waals surface area contributed by atoms with E-state index in [0.717, 1.165) is 5.56 Å². The quantitative estimate of drug-likeness (QED) is 0.360. The van der Waals surface area contributed by atoms with E-state index in [-0.39, 0.29) is 11.7 Å². The first kappa shape index (κ1) is 18.5. The van der Waals surface area contributed by atoms with Gasteiger partial charge in [0.2, 0.25) is 0 Å². The molecule has 25 heavy (non-hydrogen) atoms. The van der Waals surface area contributed by atoms with Gasteiger partial charge in [-0.25, -0.2) is 0 Å². The highest BCUT2D eigenvalue weighted by molar-refractivity contribution is 14.1. The molecule has 0 aromatic heterocycles. The molecule has 1 saturated heterocycles. The number of hydrogen-bond acceptors (Lipinski definition) is 5. The fourth-order valence-corrected chi connectivity index (χ4v) is 4.31. The molecule has 2 aromatic rings. The van der Waals surface area contributed by atoms with Crippen molar-refractivity contribution >= 4 is 80.2 Å². The van der Waals surface area contributed by atoms with Gasteiger partial charge in [0.25, 0.3) is 5.91 Å². The number of methoxy groups -OCH3 is 1. The van der Waals surface area contributed by atoms with E-state index < -0.39 is 0 Å². The molecule has 0 saturated carbocycles. The van der Waals surface area contributed by atoms with Crippen LogP contribution in [0.3, 0.4) is 0 Å². The lowest BCUT2D eigenvalue weighted by Gasteiger charge is -2.14. The van der Waals surface area contributed by atoms with Crippen LogP contribution < -0.4 is 9.64 Å². The van der Waals surface area contributed by atoms with Crippen molar-refractivity contribution in [3.63, 3.8) is 0 Å². The van der Waals surface area contributed by atoms with E-state index in [0.29, 0.717) is 29.3 Å². The number of hydrogen-bond donors (Lipinski definition) is 1. The summed E-state index contributed by atoms with van der Waals surface area (Å²) in [6.45, 7) is 0. The van der Waals surface area contributed by atoms with Crippen molar-refractivity contribution in [3.05, 3.63) is 55.5 Å². The molecule has 4 nitrogen and oxygen atoms in total. The third-order valence-corrected chi connectivity index (χ3v) is 5.82. The number of aromatic hydroxyl groups is 1. The highest BCUT2D eigenvalue weighted by Crippen LogP contribution is 2.38. The van der Waals surface area contributed by atoms with Gasteiger partial charge in [0.15, 0.2) is 15.8 Å². The summed E-state index contributed by atoms with van der Waals surface area (Å²) < 4.78 is 6.25. The molecule has 0 spiro atoms. The zero-order valence-electron chi connectivity index (χ0n) is 12.8. The molecular formula is C17H11ClINO3S2. The van der Waals surface area contributed by atoms with Gasteiger partial charge in [0.1, 0.15) is 0 Å². The summed E-state index contributed by atoms with van der Waals surface area (Å²) >= 11 is 14.5. The number of rotatable bonds is 3. The van der Waals surface area contributed by atoms with E-state index in [1.165, 1.54) is 23.8 Å². The summed E-state index contributed by atoms with van der Waals surface area (Å²) in [5.41, 5.74) is 1.42. The number of phenols is 1. The van der Waals surface area contributed by atoms with Crippen LogP contribution in [0.5, 0.6) is 11.5 Å². The molecule has 1 N–H and O–H groups in total. The summed E-state index contributed by atoms with van der Waals surface area (Å²) in [6, 6.07) is 10.4. The highest BCUT2D eigenvalue weighted by Gasteiger charge is 2.33. The van der Waals surface area contributed by atoms with E-state index in [1.54, 1.807) is 42.5 Å². The lowest BCUT2D eigenvalue weighted by molar-refractivity contribution is -0.113. The minimum atomic E-state index is -0.195. The number of carbonyl (C=O) groups excluding carboxylic acids is 1. The lowest BCUT2D eigenvalue weighted by atomic mass is 10.2. The summed E-state index contributed by atoms with van der Waals surface area (Å²) in [5, 5.41) is 10.5. The topological polar surface area (TPSA) is 49.8 Å². The molecule has 1 aliphatic heterocycles. The van der Waals surface area contributed by atoms with E-state index in [4.69, 9.17) is 28.6 Å². The molecule has 0 atom stereocenters. The largest absolute Gasteiger partial charge is 0.504 e. The van der Waals surface area contributed by atoms with Gasteiger partial charge in [-0.1, -0.05) is 35.6 Å². The van der Waals surface area contributed by atoms with Crippen LogP contribution in [-0.2, 0) is 4.79 Å². The molecule has 3 rings (SSSR count). The van der Waals surface area contributed by atoms with E-state index in [9.17, 15) is 9.90 Å². The molecule has 1 aliphatic rings. The van der Waals surface area contributed by atoms with E-state index >= 15 is 0 Å². The number of thiocarbonyl (C=S) groups is 1. The Morgan fingerprint density at radius 2 is 2.00 bits per heavy atom. The van der Waals surface area contributed by atoms with Crippen LogP contribution in [0.25, 0.3) is 6.08 Å². The predicted octanol–water partition coefficient (Wildman–Crippen LogP) is 5.06. The maximum Gasteiger partial charge on any atom is 0.270 e. The molecule has 1 heterocycles. The SMILES string of the molecule is COc1cc(/C=C2\SC(=S)N(c3ccc(Cl)cc3)C2=O)cc(I)c1O. The second-order valence-corrected chi connectivity index (χ2v) is 8.32. The van der Waals surface area contributed by atoms with Crippen molar-refractivity contribution in [2.75, 3.05) is 12.0 Å². The molecule has 0 unspecified atom stereocenters. The molecule has 1 amide bonds. The number of amides is 1. The van der Waals surface area contributed by atoms with E-state index in [1.807, 2.05) is 22.6 Å². The Bertz CT molecular complexity index is 900. The summed E-state index contributed by atoms with van der Waals surface area (Å²) in [4.78, 5) is 14.7. The Balaban J connectivity index is 1.95. The smallest absolute Gasteiger partial charge is 0.270 e. The Morgan fingerprint density at radius 1 is 1.32 bits per heavy atom. The van der Waals surface area contributed by atoms with Crippen molar-refractivity contribution < 1.29 is 14.6 Å². The molecule has 128 valence electrons. The maximum atomic E-state index is 12.7. The second kappa shape index (κ2) is 7.53. The third-order valence-electron chi connectivity index (χ3n) is 3.45. The number of anilines is 1. The summed E-state index contributed by atoms with van der Waals surface area (Å²) in [7, 11) is 1.48. The fourth-order valence-electron chi connectivity index (χ4n) is 2.26. The zero-order valence-corrected chi connectivity index (χ0v) is 17.4. The summed E-state index contributed by atoms with van der Waals surface area (Å²) in [5.74, 6) is 0.236. The first-order valence-corrected chi connectivity index (χ1v) is 9.69. The van der Waals surface area contributed by atoms with Crippen LogP contribution in [0.2, 0.25) is 5.02 Å². The molecule has 2 aromatic carbocycles. The van der Waals surface area contributed by atoms with Crippen LogP contribution in [0.4, 0.5) is 5.69 Å². The molecule has 0 bridgehead atoms. The van der Waals surface area contributed by atoms with Crippen LogP contribution in [0.15, 0.2) is 41.3 Å². The molecule has 8 heteroatoms. The van der Waals surface area contributed by atoms with Gasteiger partial charge in [0.05, 0.1) is 21.3 Å². The molecule has 1 fully saturated rings. The van der Waals surface area contributed by atoms with Crippen molar-refractivity contribution in [2.45, 2.75) is 0 Å². The van der Waals surface area contributed by atoms with Gasteiger partial charge < -0.3 is 9.84 Å². The standard InChI is InChI=1S/C17H11ClINO3S2/c1-23-13-7-9(6-12(19)15(13)21)8-14-16(22)20(17(24)25-14)11-4-2-10(18)3-5-11/h2-8,21H,1H3/b14-8-. The van der Waals surface area contributed by atoms with Crippen LogP contribution in [0.1, 0.15) is 5.56 Å². The third kappa shape index (κ3) is 3.79.